The van der Waals surface area contributed by atoms with Gasteiger partial charge in [0.25, 0.3) is 0 Å². The number of anilines is 2. The summed E-state index contributed by atoms with van der Waals surface area (Å²) < 4.78 is 0. The number of rotatable bonds is 3. The number of nitrogen functional groups attached to an aromatic ring is 1. The molecule has 76 valence electrons. The van der Waals surface area contributed by atoms with Crippen LogP contribution in [0.15, 0.2) is 0 Å². The lowest BCUT2D eigenvalue weighted by Gasteiger charge is -2.09. The van der Waals surface area contributed by atoms with Crippen molar-refractivity contribution in [1.82, 2.24) is 15.0 Å². The van der Waals surface area contributed by atoms with Crippen molar-refractivity contribution >= 4 is 17.8 Å². The van der Waals surface area contributed by atoms with Crippen LogP contribution in [0.1, 0.15) is 12.7 Å². The summed E-state index contributed by atoms with van der Waals surface area (Å²) in [5.74, 6) is 0.358. The minimum absolute atomic E-state index is 0.108. The van der Waals surface area contributed by atoms with E-state index in [1.165, 1.54) is 0 Å². The van der Waals surface area contributed by atoms with E-state index in [1.54, 1.807) is 13.8 Å². The van der Waals surface area contributed by atoms with Gasteiger partial charge >= 0.3 is 0 Å². The van der Waals surface area contributed by atoms with Crippen molar-refractivity contribution in [3.63, 3.8) is 0 Å². The topological polar surface area (TPSA) is 120 Å². The number of primary amides is 1. The Hall–Kier alpha value is -1.92. The summed E-state index contributed by atoms with van der Waals surface area (Å²) in [5, 5.41) is 2.71. The third-order valence-corrected chi connectivity index (χ3v) is 1.54. The van der Waals surface area contributed by atoms with Gasteiger partial charge < -0.3 is 16.8 Å². The molecule has 1 unspecified atom stereocenters. The predicted molar refractivity (Wildman–Crippen MR) is 51.3 cm³/mol. The van der Waals surface area contributed by atoms with Crippen LogP contribution in [0.4, 0.5) is 11.9 Å². The molecule has 0 saturated carbocycles. The van der Waals surface area contributed by atoms with Gasteiger partial charge in [-0.2, -0.15) is 15.0 Å². The minimum Gasteiger partial charge on any atom is -0.368 e. The molecule has 0 radical (unpaired) electrons. The molecule has 5 N–H and O–H groups in total. The highest BCUT2D eigenvalue weighted by Gasteiger charge is 2.10. The van der Waals surface area contributed by atoms with Crippen LogP contribution in [0.5, 0.6) is 0 Å². The van der Waals surface area contributed by atoms with Crippen LogP contribution in [0.25, 0.3) is 0 Å². The Morgan fingerprint density at radius 2 is 2.07 bits per heavy atom. The number of amides is 1. The lowest BCUT2D eigenvalue weighted by molar-refractivity contribution is -0.118. The van der Waals surface area contributed by atoms with Crippen LogP contribution in [-0.4, -0.2) is 26.9 Å². The summed E-state index contributed by atoms with van der Waals surface area (Å²) in [6.45, 7) is 3.29. The Balaban J connectivity index is 2.81. The zero-order chi connectivity index (χ0) is 10.7. The van der Waals surface area contributed by atoms with E-state index in [2.05, 4.69) is 20.3 Å². The normalized spacial score (nSPS) is 12.1. The SMILES string of the molecule is Cc1nc(N)nc(NC(C)C(N)=O)n1. The molecule has 1 aromatic rings. The second-order valence-corrected chi connectivity index (χ2v) is 2.83. The fourth-order valence-electron chi connectivity index (χ4n) is 0.832. The third-order valence-electron chi connectivity index (χ3n) is 1.54. The van der Waals surface area contributed by atoms with Crippen molar-refractivity contribution in [3.8, 4) is 0 Å². The first-order valence-electron chi connectivity index (χ1n) is 4.03. The van der Waals surface area contributed by atoms with E-state index >= 15 is 0 Å². The smallest absolute Gasteiger partial charge is 0.239 e. The van der Waals surface area contributed by atoms with Gasteiger partial charge in [-0.05, 0) is 13.8 Å². The minimum atomic E-state index is -0.545. The van der Waals surface area contributed by atoms with Crippen molar-refractivity contribution in [2.75, 3.05) is 11.1 Å². The van der Waals surface area contributed by atoms with Crippen molar-refractivity contribution < 1.29 is 4.79 Å². The summed E-state index contributed by atoms with van der Waals surface area (Å²) in [4.78, 5) is 22.2. The largest absolute Gasteiger partial charge is 0.368 e. The van der Waals surface area contributed by atoms with Gasteiger partial charge in [0, 0.05) is 0 Å². The van der Waals surface area contributed by atoms with Crippen LogP contribution in [-0.2, 0) is 4.79 Å². The van der Waals surface area contributed by atoms with Crippen LogP contribution in [0.3, 0.4) is 0 Å². The van der Waals surface area contributed by atoms with Crippen molar-refractivity contribution in [1.29, 1.82) is 0 Å². The van der Waals surface area contributed by atoms with E-state index in [0.717, 1.165) is 0 Å². The zero-order valence-corrected chi connectivity index (χ0v) is 7.98. The number of nitrogens with zero attached hydrogens (tertiary/aromatic N) is 3. The molecule has 1 amide bonds. The molecule has 0 aliphatic carbocycles. The molecule has 14 heavy (non-hydrogen) atoms. The Bertz CT molecular complexity index is 332. The summed E-state index contributed by atoms with van der Waals surface area (Å²) in [6, 6.07) is -0.545. The lowest BCUT2D eigenvalue weighted by Crippen LogP contribution is -2.33. The molecule has 1 atom stereocenters. The summed E-state index contributed by atoms with van der Waals surface area (Å²) >= 11 is 0. The second-order valence-electron chi connectivity index (χ2n) is 2.83. The fraction of sp³-hybridized carbons (Fsp3) is 0.429. The molecule has 7 heteroatoms. The highest BCUT2D eigenvalue weighted by Crippen LogP contribution is 2.02. The predicted octanol–water partition coefficient (Wildman–Crippen LogP) is -0.952. The molecule has 1 rings (SSSR count). The number of carbonyl (C=O) groups excluding carboxylic acids is 1. The van der Waals surface area contributed by atoms with Crippen molar-refractivity contribution in [2.45, 2.75) is 19.9 Å². The Morgan fingerprint density at radius 1 is 1.43 bits per heavy atom. The Labute approximate surface area is 80.9 Å². The van der Waals surface area contributed by atoms with Gasteiger partial charge in [0.05, 0.1) is 0 Å². The maximum atomic E-state index is 10.7. The monoisotopic (exact) mass is 196 g/mol. The van der Waals surface area contributed by atoms with E-state index in [0.29, 0.717) is 5.82 Å². The van der Waals surface area contributed by atoms with E-state index in [-0.39, 0.29) is 11.9 Å². The van der Waals surface area contributed by atoms with E-state index in [4.69, 9.17) is 11.5 Å². The molecule has 0 saturated heterocycles. The maximum Gasteiger partial charge on any atom is 0.239 e. The molecule has 0 spiro atoms. The fourth-order valence-corrected chi connectivity index (χ4v) is 0.832. The quantitative estimate of drug-likeness (QED) is 0.573. The van der Waals surface area contributed by atoms with Crippen LogP contribution < -0.4 is 16.8 Å². The highest BCUT2D eigenvalue weighted by molar-refractivity contribution is 5.81. The first kappa shape index (κ1) is 10.2. The second kappa shape index (κ2) is 3.86. The number of nitrogens with one attached hydrogen (secondary N) is 1. The molecular formula is C7H12N6O. The molecule has 0 fully saturated rings. The lowest BCUT2D eigenvalue weighted by atomic mass is 10.3. The standard InChI is InChI=1S/C7H12N6O/c1-3(5(8)14)10-7-12-4(2)11-6(9)13-7/h3H,1-2H3,(H2,8,14)(H3,9,10,11,12,13). The summed E-state index contributed by atoms with van der Waals surface area (Å²) in [5.41, 5.74) is 10.4. The van der Waals surface area contributed by atoms with E-state index in [1.807, 2.05) is 0 Å². The summed E-state index contributed by atoms with van der Waals surface area (Å²) in [6.07, 6.45) is 0. The third kappa shape index (κ3) is 2.54. The van der Waals surface area contributed by atoms with E-state index in [9.17, 15) is 4.79 Å². The van der Waals surface area contributed by atoms with Crippen molar-refractivity contribution in [3.05, 3.63) is 5.82 Å². The van der Waals surface area contributed by atoms with Gasteiger partial charge in [-0.15, -0.1) is 0 Å². The summed E-state index contributed by atoms with van der Waals surface area (Å²) in [7, 11) is 0. The molecule has 0 aliphatic heterocycles. The molecule has 1 aromatic heterocycles. The number of hydrogen-bond donors (Lipinski definition) is 3. The molecule has 0 aromatic carbocycles. The molecule has 1 heterocycles. The maximum absolute atomic E-state index is 10.7. The molecule has 0 aliphatic rings. The van der Waals surface area contributed by atoms with Crippen LogP contribution in [0, 0.1) is 6.92 Å². The molecule has 0 bridgehead atoms. The van der Waals surface area contributed by atoms with Gasteiger partial charge in [0.15, 0.2) is 0 Å². The van der Waals surface area contributed by atoms with Gasteiger partial charge in [-0.25, -0.2) is 0 Å². The number of hydrogen-bond acceptors (Lipinski definition) is 6. The number of nitrogens with two attached hydrogens (primary N) is 2. The Kier molecular flexibility index (Phi) is 2.80. The number of carbonyl (C=O) groups is 1. The zero-order valence-electron chi connectivity index (χ0n) is 7.98. The van der Waals surface area contributed by atoms with E-state index < -0.39 is 11.9 Å². The first-order chi connectivity index (χ1) is 6.49. The van der Waals surface area contributed by atoms with Gasteiger partial charge in [0.1, 0.15) is 11.9 Å². The van der Waals surface area contributed by atoms with Crippen LogP contribution in [0.2, 0.25) is 0 Å². The van der Waals surface area contributed by atoms with Gasteiger partial charge in [-0.1, -0.05) is 0 Å². The Morgan fingerprint density at radius 3 is 2.57 bits per heavy atom. The number of aryl methyl sites for hydroxylation is 1. The molecular weight excluding hydrogens is 184 g/mol. The van der Waals surface area contributed by atoms with Gasteiger partial charge in [0.2, 0.25) is 17.8 Å². The number of aromatic nitrogens is 3. The average Bonchev–Trinajstić information content (AvgIpc) is 2.01. The molecule has 7 nitrogen and oxygen atoms in total. The highest BCUT2D eigenvalue weighted by atomic mass is 16.1. The van der Waals surface area contributed by atoms with Crippen LogP contribution >= 0.6 is 0 Å². The average molecular weight is 196 g/mol. The van der Waals surface area contributed by atoms with Gasteiger partial charge in [-0.3, -0.25) is 4.79 Å². The first-order valence-corrected chi connectivity index (χ1v) is 4.03. The van der Waals surface area contributed by atoms with Crippen molar-refractivity contribution in [2.24, 2.45) is 5.73 Å².